The van der Waals surface area contributed by atoms with Crippen molar-refractivity contribution in [2.75, 3.05) is 18.5 Å². The van der Waals surface area contributed by atoms with Gasteiger partial charge in [-0.25, -0.2) is 0 Å². The van der Waals surface area contributed by atoms with E-state index in [1.54, 1.807) is 0 Å². The second-order valence-electron chi connectivity index (χ2n) is 4.75. The number of halogens is 3. The maximum absolute atomic E-state index is 6.32. The molecule has 0 bridgehead atoms. The normalized spacial score (nSPS) is 10.5. The molecular formula is C17H18BrCl2NO2. The molecule has 0 atom stereocenters. The van der Waals surface area contributed by atoms with E-state index in [0.717, 1.165) is 15.7 Å². The molecule has 0 fully saturated rings. The zero-order chi connectivity index (χ0) is 16.8. The Morgan fingerprint density at radius 2 is 1.74 bits per heavy atom. The molecule has 0 unspecified atom stereocenters. The van der Waals surface area contributed by atoms with Crippen molar-refractivity contribution in [2.45, 2.75) is 20.4 Å². The molecule has 0 amide bonds. The molecule has 3 nitrogen and oxygen atoms in total. The van der Waals surface area contributed by atoms with Crippen LogP contribution in [0.5, 0.6) is 11.5 Å². The molecule has 2 rings (SSSR count). The van der Waals surface area contributed by atoms with Gasteiger partial charge in [-0.15, -0.1) is 0 Å². The van der Waals surface area contributed by atoms with Crippen LogP contribution in [0.25, 0.3) is 0 Å². The monoisotopic (exact) mass is 417 g/mol. The van der Waals surface area contributed by atoms with E-state index in [-0.39, 0.29) is 0 Å². The van der Waals surface area contributed by atoms with Crippen LogP contribution in [-0.4, -0.2) is 13.2 Å². The minimum atomic E-state index is 0.536. The van der Waals surface area contributed by atoms with Crippen molar-refractivity contribution < 1.29 is 9.47 Å². The Morgan fingerprint density at radius 3 is 2.39 bits per heavy atom. The maximum Gasteiger partial charge on any atom is 0.179 e. The molecule has 124 valence electrons. The van der Waals surface area contributed by atoms with Crippen molar-refractivity contribution in [1.29, 1.82) is 0 Å². The highest BCUT2D eigenvalue weighted by atomic mass is 79.9. The Kier molecular flexibility index (Phi) is 6.88. The number of rotatable bonds is 7. The summed E-state index contributed by atoms with van der Waals surface area (Å²) in [4.78, 5) is 0. The quantitative estimate of drug-likeness (QED) is 0.583. The van der Waals surface area contributed by atoms with Crippen LogP contribution in [0.15, 0.2) is 34.8 Å². The summed E-state index contributed by atoms with van der Waals surface area (Å²) in [6, 6.07) is 9.54. The molecule has 6 heteroatoms. The summed E-state index contributed by atoms with van der Waals surface area (Å²) >= 11 is 15.8. The van der Waals surface area contributed by atoms with E-state index in [4.69, 9.17) is 32.7 Å². The number of anilines is 1. The van der Waals surface area contributed by atoms with Crippen LogP contribution in [0, 0.1) is 0 Å². The number of hydrogen-bond acceptors (Lipinski definition) is 3. The summed E-state index contributed by atoms with van der Waals surface area (Å²) < 4.78 is 12.1. The second kappa shape index (κ2) is 8.67. The van der Waals surface area contributed by atoms with Crippen molar-refractivity contribution >= 4 is 44.8 Å². The number of nitrogens with one attached hydrogen (secondary N) is 1. The summed E-state index contributed by atoms with van der Waals surface area (Å²) in [5, 5.41) is 4.52. The number of benzene rings is 2. The standard InChI is InChI=1S/C17H18BrCl2NO2/c1-3-22-16-8-11(7-15(20)17(16)23-4-2)10-21-12-5-6-13(18)14(19)9-12/h5-9,21H,3-4,10H2,1-2H3. The summed E-state index contributed by atoms with van der Waals surface area (Å²) in [7, 11) is 0. The average molecular weight is 419 g/mol. The van der Waals surface area contributed by atoms with Crippen LogP contribution in [0.3, 0.4) is 0 Å². The first-order valence-corrected chi connectivity index (χ1v) is 8.87. The van der Waals surface area contributed by atoms with E-state index in [1.165, 1.54) is 0 Å². The van der Waals surface area contributed by atoms with E-state index in [1.807, 2.05) is 44.2 Å². The second-order valence-corrected chi connectivity index (χ2v) is 6.42. The third-order valence-corrected chi connectivity index (χ3v) is 4.59. The molecule has 0 aliphatic heterocycles. The van der Waals surface area contributed by atoms with Gasteiger partial charge in [0, 0.05) is 16.7 Å². The van der Waals surface area contributed by atoms with E-state index in [0.29, 0.717) is 41.3 Å². The predicted octanol–water partition coefficient (Wildman–Crippen LogP) is 6.17. The lowest BCUT2D eigenvalue weighted by atomic mass is 10.2. The molecule has 2 aromatic carbocycles. The van der Waals surface area contributed by atoms with E-state index < -0.39 is 0 Å². The minimum absolute atomic E-state index is 0.536. The average Bonchev–Trinajstić information content (AvgIpc) is 2.52. The van der Waals surface area contributed by atoms with E-state index >= 15 is 0 Å². The van der Waals surface area contributed by atoms with Gasteiger partial charge in [0.2, 0.25) is 0 Å². The lowest BCUT2D eigenvalue weighted by Crippen LogP contribution is -2.03. The Labute approximate surface area is 155 Å². The fourth-order valence-electron chi connectivity index (χ4n) is 2.08. The van der Waals surface area contributed by atoms with E-state index in [9.17, 15) is 0 Å². The lowest BCUT2D eigenvalue weighted by Gasteiger charge is -2.15. The van der Waals surface area contributed by atoms with Crippen molar-refractivity contribution in [1.82, 2.24) is 0 Å². The highest BCUT2D eigenvalue weighted by Gasteiger charge is 2.12. The molecule has 0 aliphatic rings. The molecule has 0 saturated heterocycles. The Morgan fingerprint density at radius 1 is 1.00 bits per heavy atom. The molecule has 2 aromatic rings. The Balaban J connectivity index is 2.17. The summed E-state index contributed by atoms with van der Waals surface area (Å²) in [6.45, 7) is 5.53. The third-order valence-electron chi connectivity index (χ3n) is 3.07. The lowest BCUT2D eigenvalue weighted by molar-refractivity contribution is 0.287. The predicted molar refractivity (Wildman–Crippen MR) is 100 cm³/mol. The molecule has 1 N–H and O–H groups in total. The molecule has 0 aromatic heterocycles. The van der Waals surface area contributed by atoms with Gasteiger partial charge in [-0.1, -0.05) is 23.2 Å². The zero-order valence-corrected chi connectivity index (χ0v) is 16.1. The molecule has 0 radical (unpaired) electrons. The van der Waals surface area contributed by atoms with Crippen molar-refractivity contribution in [3.63, 3.8) is 0 Å². The van der Waals surface area contributed by atoms with Crippen molar-refractivity contribution in [2.24, 2.45) is 0 Å². The first kappa shape index (κ1) is 18.2. The first-order valence-electron chi connectivity index (χ1n) is 7.32. The van der Waals surface area contributed by atoms with Crippen molar-refractivity contribution in [3.8, 4) is 11.5 Å². The van der Waals surface area contributed by atoms with Gasteiger partial charge in [0.1, 0.15) is 0 Å². The highest BCUT2D eigenvalue weighted by molar-refractivity contribution is 9.10. The summed E-state index contributed by atoms with van der Waals surface area (Å²) in [6.07, 6.45) is 0. The molecule has 0 heterocycles. The summed E-state index contributed by atoms with van der Waals surface area (Å²) in [5.74, 6) is 1.25. The van der Waals surface area contributed by atoms with Gasteiger partial charge >= 0.3 is 0 Å². The van der Waals surface area contributed by atoms with Gasteiger partial charge in [0.15, 0.2) is 11.5 Å². The van der Waals surface area contributed by atoms with Crippen LogP contribution >= 0.6 is 39.1 Å². The first-order chi connectivity index (χ1) is 11.0. The maximum atomic E-state index is 6.32. The summed E-state index contributed by atoms with van der Waals surface area (Å²) in [5.41, 5.74) is 1.93. The smallest absolute Gasteiger partial charge is 0.179 e. The fourth-order valence-corrected chi connectivity index (χ4v) is 2.80. The number of ether oxygens (including phenoxy) is 2. The molecular weight excluding hydrogens is 401 g/mol. The van der Waals surface area contributed by atoms with Crippen LogP contribution in [0.1, 0.15) is 19.4 Å². The van der Waals surface area contributed by atoms with Gasteiger partial charge in [-0.05, 0) is 65.7 Å². The van der Waals surface area contributed by atoms with Crippen molar-refractivity contribution in [3.05, 3.63) is 50.4 Å². The Hall–Kier alpha value is -1.10. The SMILES string of the molecule is CCOc1cc(CNc2ccc(Br)c(Cl)c2)cc(Cl)c1OCC. The third kappa shape index (κ3) is 4.93. The van der Waals surface area contributed by atoms with Gasteiger partial charge in [-0.3, -0.25) is 0 Å². The number of hydrogen-bond donors (Lipinski definition) is 1. The van der Waals surface area contributed by atoms with E-state index in [2.05, 4.69) is 21.2 Å². The minimum Gasteiger partial charge on any atom is -0.490 e. The largest absolute Gasteiger partial charge is 0.490 e. The molecule has 0 spiro atoms. The van der Waals surface area contributed by atoms with Crippen LogP contribution in [-0.2, 0) is 6.54 Å². The van der Waals surface area contributed by atoms with Gasteiger partial charge in [-0.2, -0.15) is 0 Å². The van der Waals surface area contributed by atoms with Crippen LogP contribution in [0.4, 0.5) is 5.69 Å². The zero-order valence-electron chi connectivity index (χ0n) is 13.0. The highest BCUT2D eigenvalue weighted by Crippen LogP contribution is 2.37. The van der Waals surface area contributed by atoms with Gasteiger partial charge in [0.05, 0.1) is 23.3 Å². The topological polar surface area (TPSA) is 30.5 Å². The molecule has 23 heavy (non-hydrogen) atoms. The molecule has 0 aliphatic carbocycles. The van der Waals surface area contributed by atoms with Gasteiger partial charge in [0.25, 0.3) is 0 Å². The van der Waals surface area contributed by atoms with Gasteiger partial charge < -0.3 is 14.8 Å². The van der Waals surface area contributed by atoms with Crippen LogP contribution < -0.4 is 14.8 Å². The molecule has 0 saturated carbocycles. The fraction of sp³-hybridized carbons (Fsp3) is 0.294. The Bertz CT molecular complexity index is 680. The van der Waals surface area contributed by atoms with Crippen LogP contribution in [0.2, 0.25) is 10.0 Å².